The smallest absolute Gasteiger partial charge is 0.241 e. The van der Waals surface area contributed by atoms with Crippen LogP contribution >= 0.6 is 0 Å². The molecule has 5 atom stereocenters. The maximum Gasteiger partial charge on any atom is 0.241 e. The molecule has 1 N–H and O–H groups in total. The van der Waals surface area contributed by atoms with Gasteiger partial charge in [0.1, 0.15) is 0 Å². The van der Waals surface area contributed by atoms with Crippen LogP contribution < -0.4 is 5.32 Å². The van der Waals surface area contributed by atoms with Crippen molar-refractivity contribution in [1.29, 1.82) is 0 Å². The third kappa shape index (κ3) is 3.44. The number of amides is 1. The predicted molar refractivity (Wildman–Crippen MR) is 88.0 cm³/mol. The molecular formula is C18H34N2O. The maximum atomic E-state index is 12.9. The summed E-state index contributed by atoms with van der Waals surface area (Å²) in [5.41, 5.74) is 0. The van der Waals surface area contributed by atoms with Crippen molar-refractivity contribution in [3.8, 4) is 0 Å². The van der Waals surface area contributed by atoms with Crippen molar-refractivity contribution in [3.05, 3.63) is 0 Å². The average molecular weight is 294 g/mol. The van der Waals surface area contributed by atoms with Crippen molar-refractivity contribution < 1.29 is 4.79 Å². The Morgan fingerprint density at radius 3 is 2.48 bits per heavy atom. The summed E-state index contributed by atoms with van der Waals surface area (Å²) in [5.74, 6) is 1.85. The fraction of sp³-hybridized carbons (Fsp3) is 0.944. The first kappa shape index (κ1) is 16.8. The molecule has 5 unspecified atom stereocenters. The highest BCUT2D eigenvalue weighted by molar-refractivity contribution is 5.84. The first-order valence-corrected chi connectivity index (χ1v) is 9.22. The van der Waals surface area contributed by atoms with Crippen LogP contribution in [0.1, 0.15) is 79.1 Å². The standard InChI is InChI=1S/C18H34N2O/c1-5-8-10-15-18(21)20(17(19-15)9-6-2)16-12-11-14(7-3)13(16)4/h13-17,19H,5-12H2,1-4H3. The van der Waals surface area contributed by atoms with E-state index in [-0.39, 0.29) is 12.2 Å². The van der Waals surface area contributed by atoms with Gasteiger partial charge >= 0.3 is 0 Å². The zero-order valence-electron chi connectivity index (χ0n) is 14.4. The van der Waals surface area contributed by atoms with E-state index in [1.807, 2.05) is 0 Å². The molecule has 1 saturated carbocycles. The van der Waals surface area contributed by atoms with Gasteiger partial charge in [-0.1, -0.05) is 53.4 Å². The van der Waals surface area contributed by atoms with Crippen LogP contribution in [-0.2, 0) is 4.79 Å². The highest BCUT2D eigenvalue weighted by atomic mass is 16.2. The van der Waals surface area contributed by atoms with E-state index in [1.54, 1.807) is 0 Å². The first-order chi connectivity index (χ1) is 10.1. The Kier molecular flexibility index (Phi) is 6.09. The zero-order valence-corrected chi connectivity index (χ0v) is 14.4. The summed E-state index contributed by atoms with van der Waals surface area (Å²) < 4.78 is 0. The summed E-state index contributed by atoms with van der Waals surface area (Å²) in [6.45, 7) is 9.07. The van der Waals surface area contributed by atoms with Crippen LogP contribution in [0.2, 0.25) is 0 Å². The van der Waals surface area contributed by atoms with E-state index >= 15 is 0 Å². The van der Waals surface area contributed by atoms with Gasteiger partial charge in [-0.3, -0.25) is 10.1 Å². The molecule has 0 aromatic rings. The molecule has 0 aromatic carbocycles. The molecule has 2 aliphatic rings. The Hall–Kier alpha value is -0.570. The summed E-state index contributed by atoms with van der Waals surface area (Å²) >= 11 is 0. The molecule has 2 fully saturated rings. The summed E-state index contributed by atoms with van der Waals surface area (Å²) in [6, 6.07) is 0.549. The topological polar surface area (TPSA) is 32.3 Å². The van der Waals surface area contributed by atoms with Gasteiger partial charge in [0, 0.05) is 6.04 Å². The molecule has 2 rings (SSSR count). The number of unbranched alkanes of at least 4 members (excludes halogenated alkanes) is 1. The van der Waals surface area contributed by atoms with Gasteiger partial charge in [0.15, 0.2) is 0 Å². The molecule has 1 saturated heterocycles. The van der Waals surface area contributed by atoms with Crippen molar-refractivity contribution in [2.45, 2.75) is 97.3 Å². The second kappa shape index (κ2) is 7.62. The number of carbonyl (C=O) groups excluding carboxylic acids is 1. The van der Waals surface area contributed by atoms with Gasteiger partial charge < -0.3 is 4.90 Å². The zero-order chi connectivity index (χ0) is 15.4. The molecule has 21 heavy (non-hydrogen) atoms. The van der Waals surface area contributed by atoms with E-state index < -0.39 is 0 Å². The molecular weight excluding hydrogens is 260 g/mol. The second-order valence-electron chi connectivity index (χ2n) is 7.08. The lowest BCUT2D eigenvalue weighted by Crippen LogP contribution is -2.46. The molecule has 1 heterocycles. The number of nitrogens with one attached hydrogen (secondary N) is 1. The highest BCUT2D eigenvalue weighted by Gasteiger charge is 2.46. The Morgan fingerprint density at radius 1 is 1.14 bits per heavy atom. The monoisotopic (exact) mass is 294 g/mol. The van der Waals surface area contributed by atoms with Gasteiger partial charge in [0.25, 0.3) is 0 Å². The number of hydrogen-bond acceptors (Lipinski definition) is 2. The minimum absolute atomic E-state index is 0.0781. The minimum Gasteiger partial charge on any atom is -0.323 e. The van der Waals surface area contributed by atoms with Crippen molar-refractivity contribution in [2.24, 2.45) is 11.8 Å². The van der Waals surface area contributed by atoms with E-state index in [0.29, 0.717) is 17.9 Å². The first-order valence-electron chi connectivity index (χ1n) is 9.22. The van der Waals surface area contributed by atoms with Crippen molar-refractivity contribution in [3.63, 3.8) is 0 Å². The average Bonchev–Trinajstić information content (AvgIpc) is 2.98. The number of carbonyl (C=O) groups is 1. The number of nitrogens with zero attached hydrogens (tertiary/aromatic N) is 1. The number of rotatable bonds is 7. The molecule has 0 bridgehead atoms. The molecule has 3 heteroatoms. The van der Waals surface area contributed by atoms with Gasteiger partial charge in [0.05, 0.1) is 12.2 Å². The van der Waals surface area contributed by atoms with Gasteiger partial charge in [-0.2, -0.15) is 0 Å². The maximum absolute atomic E-state index is 12.9. The summed E-state index contributed by atoms with van der Waals surface area (Å²) in [5, 5.41) is 3.63. The summed E-state index contributed by atoms with van der Waals surface area (Å²) in [7, 11) is 0. The molecule has 1 aliphatic heterocycles. The van der Waals surface area contributed by atoms with Crippen LogP contribution in [0.25, 0.3) is 0 Å². The van der Waals surface area contributed by atoms with E-state index in [0.717, 1.165) is 31.6 Å². The molecule has 0 aromatic heterocycles. The Labute approximate surface area is 130 Å². The highest BCUT2D eigenvalue weighted by Crippen LogP contribution is 2.39. The summed E-state index contributed by atoms with van der Waals surface area (Å²) in [4.78, 5) is 15.1. The quantitative estimate of drug-likeness (QED) is 0.771. The Morgan fingerprint density at radius 2 is 1.90 bits per heavy atom. The van der Waals surface area contributed by atoms with Crippen LogP contribution in [0.4, 0.5) is 0 Å². The molecule has 0 spiro atoms. The lowest BCUT2D eigenvalue weighted by atomic mass is 9.92. The molecule has 1 amide bonds. The fourth-order valence-electron chi connectivity index (χ4n) is 4.42. The second-order valence-corrected chi connectivity index (χ2v) is 7.08. The van der Waals surface area contributed by atoms with E-state index in [1.165, 1.54) is 25.7 Å². The lowest BCUT2D eigenvalue weighted by molar-refractivity contribution is -0.133. The summed E-state index contributed by atoms with van der Waals surface area (Å²) in [6.07, 6.45) is 9.59. The van der Waals surface area contributed by atoms with Crippen LogP contribution in [0.15, 0.2) is 0 Å². The van der Waals surface area contributed by atoms with Crippen molar-refractivity contribution in [2.75, 3.05) is 0 Å². The van der Waals surface area contributed by atoms with Gasteiger partial charge in [-0.05, 0) is 37.5 Å². The largest absolute Gasteiger partial charge is 0.323 e. The number of hydrogen-bond donors (Lipinski definition) is 1. The normalized spacial score (nSPS) is 36.7. The molecule has 122 valence electrons. The van der Waals surface area contributed by atoms with E-state index in [9.17, 15) is 4.79 Å². The van der Waals surface area contributed by atoms with Crippen LogP contribution in [0.5, 0.6) is 0 Å². The molecule has 0 radical (unpaired) electrons. The van der Waals surface area contributed by atoms with Crippen molar-refractivity contribution >= 4 is 5.91 Å². The van der Waals surface area contributed by atoms with Crippen molar-refractivity contribution in [1.82, 2.24) is 10.2 Å². The third-order valence-electron chi connectivity index (χ3n) is 5.76. The Bertz CT molecular complexity index is 344. The van der Waals surface area contributed by atoms with Crippen LogP contribution in [-0.4, -0.2) is 29.1 Å². The fourth-order valence-corrected chi connectivity index (χ4v) is 4.42. The molecule has 3 nitrogen and oxygen atoms in total. The predicted octanol–water partition coefficient (Wildman–Crippen LogP) is 3.93. The minimum atomic E-state index is 0.0781. The SMILES string of the molecule is CCCCC1NC(CCC)N(C2CCC(CC)C2C)C1=O. The van der Waals surface area contributed by atoms with Crippen LogP contribution in [0, 0.1) is 11.8 Å². The lowest BCUT2D eigenvalue weighted by Gasteiger charge is -2.34. The third-order valence-corrected chi connectivity index (χ3v) is 5.76. The van der Waals surface area contributed by atoms with E-state index in [4.69, 9.17) is 0 Å². The van der Waals surface area contributed by atoms with Gasteiger partial charge in [-0.15, -0.1) is 0 Å². The molecule has 1 aliphatic carbocycles. The van der Waals surface area contributed by atoms with E-state index in [2.05, 4.69) is 37.9 Å². The Balaban J connectivity index is 2.09. The van der Waals surface area contributed by atoms with Crippen LogP contribution in [0.3, 0.4) is 0 Å². The van der Waals surface area contributed by atoms with Gasteiger partial charge in [-0.25, -0.2) is 0 Å². The van der Waals surface area contributed by atoms with Gasteiger partial charge in [0.2, 0.25) is 5.91 Å².